The number of hydrogen-bond acceptors (Lipinski definition) is 2. The molecule has 0 bridgehead atoms. The van der Waals surface area contributed by atoms with Crippen LogP contribution in [-0.2, 0) is 0 Å². The van der Waals surface area contributed by atoms with Crippen LogP contribution in [0.15, 0.2) is 78.9 Å². The maximum absolute atomic E-state index is 13.0. The Morgan fingerprint density at radius 2 is 1.48 bits per heavy atom. The molecule has 0 radical (unpaired) electrons. The number of carbonyl (C=O) groups excluding carboxylic acids is 2. The van der Waals surface area contributed by atoms with E-state index in [0.29, 0.717) is 23.4 Å². The van der Waals surface area contributed by atoms with Gasteiger partial charge in [-0.2, -0.15) is 0 Å². The van der Waals surface area contributed by atoms with Crippen LogP contribution in [0.5, 0.6) is 0 Å². The fraction of sp³-hybridized carbons (Fsp3) is 0.130. The molecule has 0 fully saturated rings. The van der Waals surface area contributed by atoms with Gasteiger partial charge < -0.3 is 10.2 Å². The third-order valence-corrected chi connectivity index (χ3v) is 4.40. The van der Waals surface area contributed by atoms with Crippen LogP contribution in [0.3, 0.4) is 0 Å². The Labute approximate surface area is 159 Å². The van der Waals surface area contributed by atoms with Crippen LogP contribution < -0.4 is 10.2 Å². The van der Waals surface area contributed by atoms with E-state index in [1.807, 2.05) is 68.4 Å². The number of anilines is 2. The quantitative estimate of drug-likeness (QED) is 0.704. The molecule has 4 heteroatoms. The molecule has 3 aromatic carbocycles. The predicted octanol–water partition coefficient (Wildman–Crippen LogP) is 4.91. The highest BCUT2D eigenvalue weighted by Gasteiger charge is 2.17. The van der Waals surface area contributed by atoms with Gasteiger partial charge in [0.2, 0.25) is 0 Å². The van der Waals surface area contributed by atoms with Crippen LogP contribution in [0.2, 0.25) is 0 Å². The van der Waals surface area contributed by atoms with E-state index in [1.165, 1.54) is 0 Å². The van der Waals surface area contributed by atoms with E-state index in [1.54, 1.807) is 29.2 Å². The summed E-state index contributed by atoms with van der Waals surface area (Å²) >= 11 is 0. The summed E-state index contributed by atoms with van der Waals surface area (Å²) in [5.41, 5.74) is 3.50. The van der Waals surface area contributed by atoms with Gasteiger partial charge in [0.25, 0.3) is 11.8 Å². The molecule has 0 atom stereocenters. The summed E-state index contributed by atoms with van der Waals surface area (Å²) in [6.07, 6.45) is 0. The van der Waals surface area contributed by atoms with Crippen molar-refractivity contribution in [2.75, 3.05) is 16.8 Å². The SMILES string of the molecule is CCN(C(=O)c1ccc(C)c(NC(=O)c2ccccc2)c1)c1ccccc1. The van der Waals surface area contributed by atoms with Crippen molar-refractivity contribution in [1.82, 2.24) is 0 Å². The number of para-hydroxylation sites is 1. The smallest absolute Gasteiger partial charge is 0.258 e. The lowest BCUT2D eigenvalue weighted by Crippen LogP contribution is -2.30. The Bertz CT molecular complexity index is 937. The van der Waals surface area contributed by atoms with Crippen molar-refractivity contribution in [3.05, 3.63) is 95.6 Å². The van der Waals surface area contributed by atoms with E-state index in [2.05, 4.69) is 5.32 Å². The number of nitrogens with one attached hydrogen (secondary N) is 1. The minimum absolute atomic E-state index is 0.0982. The van der Waals surface area contributed by atoms with Crippen molar-refractivity contribution < 1.29 is 9.59 Å². The second-order valence-electron chi connectivity index (χ2n) is 6.23. The van der Waals surface area contributed by atoms with Gasteiger partial charge in [0.05, 0.1) is 0 Å². The van der Waals surface area contributed by atoms with Crippen molar-refractivity contribution in [1.29, 1.82) is 0 Å². The Hall–Kier alpha value is -3.40. The lowest BCUT2D eigenvalue weighted by molar-refractivity contribution is 0.0985. The molecule has 4 nitrogen and oxygen atoms in total. The van der Waals surface area contributed by atoms with Gasteiger partial charge in [0.15, 0.2) is 0 Å². The highest BCUT2D eigenvalue weighted by atomic mass is 16.2. The molecule has 27 heavy (non-hydrogen) atoms. The second kappa shape index (κ2) is 8.32. The average Bonchev–Trinajstić information content (AvgIpc) is 2.71. The van der Waals surface area contributed by atoms with E-state index in [-0.39, 0.29) is 11.8 Å². The zero-order chi connectivity index (χ0) is 19.2. The first-order valence-electron chi connectivity index (χ1n) is 8.94. The molecule has 0 aliphatic heterocycles. The highest BCUT2D eigenvalue weighted by Crippen LogP contribution is 2.22. The molecule has 3 aromatic rings. The molecule has 0 aromatic heterocycles. The van der Waals surface area contributed by atoms with Crippen LogP contribution in [-0.4, -0.2) is 18.4 Å². The Kier molecular flexibility index (Phi) is 5.67. The summed E-state index contributed by atoms with van der Waals surface area (Å²) < 4.78 is 0. The number of benzene rings is 3. The molecule has 0 aliphatic rings. The first-order chi connectivity index (χ1) is 13.1. The lowest BCUT2D eigenvalue weighted by Gasteiger charge is -2.21. The van der Waals surface area contributed by atoms with Crippen molar-refractivity contribution in [3.8, 4) is 0 Å². The number of amides is 2. The van der Waals surface area contributed by atoms with Crippen molar-refractivity contribution in [2.45, 2.75) is 13.8 Å². The van der Waals surface area contributed by atoms with Crippen LogP contribution in [0, 0.1) is 6.92 Å². The second-order valence-corrected chi connectivity index (χ2v) is 6.23. The summed E-state index contributed by atoms with van der Waals surface area (Å²) in [6.45, 7) is 4.41. The van der Waals surface area contributed by atoms with Gasteiger partial charge in [-0.25, -0.2) is 0 Å². The summed E-state index contributed by atoms with van der Waals surface area (Å²) in [5.74, 6) is -0.294. The number of carbonyl (C=O) groups is 2. The fourth-order valence-corrected chi connectivity index (χ4v) is 2.88. The average molecular weight is 358 g/mol. The summed E-state index contributed by atoms with van der Waals surface area (Å²) in [5, 5.41) is 2.91. The summed E-state index contributed by atoms with van der Waals surface area (Å²) in [4.78, 5) is 27.2. The zero-order valence-electron chi connectivity index (χ0n) is 15.5. The maximum Gasteiger partial charge on any atom is 0.258 e. The van der Waals surface area contributed by atoms with Gasteiger partial charge in [-0.05, 0) is 55.8 Å². The van der Waals surface area contributed by atoms with Crippen LogP contribution in [0.25, 0.3) is 0 Å². The molecule has 0 spiro atoms. The molecule has 0 saturated heterocycles. The van der Waals surface area contributed by atoms with Gasteiger partial charge in [-0.1, -0.05) is 42.5 Å². The first kappa shape index (κ1) is 18.4. The molecule has 0 unspecified atom stereocenters. The molecule has 0 aliphatic carbocycles. The molecular weight excluding hydrogens is 336 g/mol. The molecule has 2 amide bonds. The maximum atomic E-state index is 13.0. The van der Waals surface area contributed by atoms with Crippen LogP contribution >= 0.6 is 0 Å². The number of aryl methyl sites for hydroxylation is 1. The minimum atomic E-state index is -0.196. The van der Waals surface area contributed by atoms with E-state index < -0.39 is 0 Å². The fourth-order valence-electron chi connectivity index (χ4n) is 2.88. The largest absolute Gasteiger partial charge is 0.322 e. The normalized spacial score (nSPS) is 10.3. The molecule has 136 valence electrons. The van der Waals surface area contributed by atoms with Gasteiger partial charge in [-0.15, -0.1) is 0 Å². The van der Waals surface area contributed by atoms with Gasteiger partial charge in [0, 0.05) is 29.0 Å². The first-order valence-corrected chi connectivity index (χ1v) is 8.94. The molecule has 3 rings (SSSR count). The number of nitrogens with zero attached hydrogens (tertiary/aromatic N) is 1. The van der Waals surface area contributed by atoms with E-state index in [0.717, 1.165) is 11.3 Å². The van der Waals surface area contributed by atoms with Gasteiger partial charge in [-0.3, -0.25) is 9.59 Å². The lowest BCUT2D eigenvalue weighted by atomic mass is 10.1. The van der Waals surface area contributed by atoms with Gasteiger partial charge >= 0.3 is 0 Å². The van der Waals surface area contributed by atoms with E-state index in [4.69, 9.17) is 0 Å². The standard InChI is InChI=1S/C23H22N2O2/c1-3-25(20-12-8-5-9-13-20)23(27)19-15-14-17(2)21(16-19)24-22(26)18-10-6-4-7-11-18/h4-16H,3H2,1-2H3,(H,24,26). The van der Waals surface area contributed by atoms with Crippen molar-refractivity contribution in [2.24, 2.45) is 0 Å². The van der Waals surface area contributed by atoms with Crippen molar-refractivity contribution in [3.63, 3.8) is 0 Å². The van der Waals surface area contributed by atoms with E-state index in [9.17, 15) is 9.59 Å². The monoisotopic (exact) mass is 358 g/mol. The van der Waals surface area contributed by atoms with Crippen LogP contribution in [0.4, 0.5) is 11.4 Å². The topological polar surface area (TPSA) is 49.4 Å². The molecule has 0 heterocycles. The third kappa shape index (κ3) is 4.23. The predicted molar refractivity (Wildman–Crippen MR) is 109 cm³/mol. The number of hydrogen-bond donors (Lipinski definition) is 1. The van der Waals surface area contributed by atoms with E-state index >= 15 is 0 Å². The third-order valence-electron chi connectivity index (χ3n) is 4.40. The van der Waals surface area contributed by atoms with Gasteiger partial charge in [0.1, 0.15) is 0 Å². The van der Waals surface area contributed by atoms with Crippen molar-refractivity contribution >= 4 is 23.2 Å². The summed E-state index contributed by atoms with van der Waals surface area (Å²) in [7, 11) is 0. The molecule has 0 saturated carbocycles. The molecule has 1 N–H and O–H groups in total. The molecular formula is C23H22N2O2. The Morgan fingerprint density at radius 3 is 2.11 bits per heavy atom. The Balaban J connectivity index is 1.86. The Morgan fingerprint density at radius 1 is 0.852 bits per heavy atom. The number of rotatable bonds is 5. The highest BCUT2D eigenvalue weighted by molar-refractivity contribution is 6.08. The summed E-state index contributed by atoms with van der Waals surface area (Å²) in [6, 6.07) is 24.0. The van der Waals surface area contributed by atoms with Crippen LogP contribution in [0.1, 0.15) is 33.2 Å². The minimum Gasteiger partial charge on any atom is -0.322 e. The zero-order valence-corrected chi connectivity index (χ0v) is 15.5.